The molecule has 1 heterocycles. The Morgan fingerprint density at radius 1 is 1.50 bits per heavy atom. The number of nitrogens with zero attached hydrogens (tertiary/aromatic N) is 1. The maximum atomic E-state index is 11.0. The number of para-hydroxylation sites is 1. The normalized spacial score (nSPS) is 19.9. The molecule has 0 spiro atoms. The third-order valence-electron chi connectivity index (χ3n) is 2.17. The zero-order valence-electron chi connectivity index (χ0n) is 6.95. The maximum absolute atomic E-state index is 11.0. The number of hydrogen-bond acceptors (Lipinski definition) is 1. The van der Waals surface area contributed by atoms with Crippen LogP contribution >= 0.6 is 0 Å². The van der Waals surface area contributed by atoms with Crippen molar-refractivity contribution in [2.24, 2.45) is 0 Å². The minimum Gasteiger partial charge on any atom is -0.298 e. The molecule has 1 radical (unpaired) electrons. The second-order valence-corrected chi connectivity index (χ2v) is 3.09. The van der Waals surface area contributed by atoms with E-state index in [1.807, 2.05) is 24.3 Å². The van der Waals surface area contributed by atoms with Gasteiger partial charge >= 0.3 is 0 Å². The van der Waals surface area contributed by atoms with Crippen LogP contribution in [-0.2, 0) is 11.2 Å². The molecule has 0 saturated heterocycles. The summed E-state index contributed by atoms with van der Waals surface area (Å²) in [5.74, 6) is 0.159. The van der Waals surface area contributed by atoms with Gasteiger partial charge in [-0.3, -0.25) is 10.1 Å². The van der Waals surface area contributed by atoms with Crippen LogP contribution < -0.4 is 5.32 Å². The van der Waals surface area contributed by atoms with Crippen molar-refractivity contribution in [1.29, 1.82) is 0 Å². The summed E-state index contributed by atoms with van der Waals surface area (Å²) in [5.41, 5.74) is 2.18. The highest BCUT2D eigenvalue weighted by Gasteiger charge is 2.24. The third-order valence-corrected chi connectivity index (χ3v) is 2.17. The second-order valence-electron chi connectivity index (χ2n) is 3.09. The van der Waals surface area contributed by atoms with Crippen LogP contribution in [-0.4, -0.2) is 11.8 Å². The molecule has 1 aliphatic rings. The first-order valence-electron chi connectivity index (χ1n) is 4.06. The molecular formula is C10H10NO. The van der Waals surface area contributed by atoms with Gasteiger partial charge in [-0.15, -0.1) is 0 Å². The van der Waals surface area contributed by atoms with Gasteiger partial charge in [0.2, 0.25) is 0 Å². The summed E-state index contributed by atoms with van der Waals surface area (Å²) in [6.07, 6.45) is 0.783. The molecule has 0 bridgehead atoms. The first-order chi connectivity index (χ1) is 5.77. The fourth-order valence-electron chi connectivity index (χ4n) is 1.47. The molecule has 0 saturated carbocycles. The molecule has 1 atom stereocenters. The van der Waals surface area contributed by atoms with Crippen LogP contribution in [0.4, 0.5) is 5.69 Å². The van der Waals surface area contributed by atoms with Crippen molar-refractivity contribution in [2.45, 2.75) is 19.4 Å². The van der Waals surface area contributed by atoms with E-state index in [0.717, 1.165) is 12.1 Å². The minimum absolute atomic E-state index is 0.123. The van der Waals surface area contributed by atoms with E-state index in [1.54, 1.807) is 6.92 Å². The minimum atomic E-state index is -0.123. The Morgan fingerprint density at radius 2 is 2.25 bits per heavy atom. The predicted molar refractivity (Wildman–Crippen MR) is 46.4 cm³/mol. The van der Waals surface area contributed by atoms with Gasteiger partial charge in [0.05, 0.1) is 5.69 Å². The van der Waals surface area contributed by atoms with Crippen molar-refractivity contribution in [1.82, 2.24) is 5.32 Å². The molecule has 1 aromatic rings. The van der Waals surface area contributed by atoms with Crippen LogP contribution in [0.3, 0.4) is 0 Å². The second kappa shape index (κ2) is 2.63. The smallest absolute Gasteiger partial charge is 0.154 e. The summed E-state index contributed by atoms with van der Waals surface area (Å²) in [7, 11) is 0. The molecule has 2 nitrogen and oxygen atoms in total. The quantitative estimate of drug-likeness (QED) is 0.611. The number of Topliss-reactive ketones (excluding diaryl/α,β-unsaturated/α-hetero) is 1. The lowest BCUT2D eigenvalue weighted by Crippen LogP contribution is -2.23. The van der Waals surface area contributed by atoms with Crippen molar-refractivity contribution < 1.29 is 4.79 Å². The molecule has 1 aromatic carbocycles. The Labute approximate surface area is 71.6 Å². The van der Waals surface area contributed by atoms with Gasteiger partial charge in [-0.25, -0.2) is 0 Å². The van der Waals surface area contributed by atoms with Gasteiger partial charge in [-0.1, -0.05) is 18.2 Å². The van der Waals surface area contributed by atoms with E-state index in [-0.39, 0.29) is 11.8 Å². The summed E-state index contributed by atoms with van der Waals surface area (Å²) in [4.78, 5) is 11.0. The Hall–Kier alpha value is -1.31. The molecule has 2 heteroatoms. The average molecular weight is 160 g/mol. The molecule has 0 amide bonds. The molecule has 0 fully saturated rings. The van der Waals surface area contributed by atoms with Gasteiger partial charge in [-0.2, -0.15) is 0 Å². The zero-order valence-corrected chi connectivity index (χ0v) is 6.95. The maximum Gasteiger partial charge on any atom is 0.154 e. The Bertz CT molecular complexity index is 294. The SMILES string of the molecule is CC(=O)C1Cc2ccccc2[N]1. The largest absolute Gasteiger partial charge is 0.298 e. The molecule has 12 heavy (non-hydrogen) atoms. The lowest BCUT2D eigenvalue weighted by atomic mass is 10.1. The predicted octanol–water partition coefficient (Wildman–Crippen LogP) is 1.44. The Balaban J connectivity index is 2.27. The van der Waals surface area contributed by atoms with Crippen LogP contribution in [0.15, 0.2) is 24.3 Å². The summed E-state index contributed by atoms with van der Waals surface area (Å²) in [5, 5.41) is 4.30. The first kappa shape index (κ1) is 7.35. The van der Waals surface area contributed by atoms with E-state index in [2.05, 4.69) is 5.32 Å². The third kappa shape index (κ3) is 1.09. The molecule has 0 aromatic heterocycles. The van der Waals surface area contributed by atoms with E-state index < -0.39 is 0 Å². The highest BCUT2D eigenvalue weighted by Crippen LogP contribution is 2.25. The monoisotopic (exact) mass is 160 g/mol. The summed E-state index contributed by atoms with van der Waals surface area (Å²) < 4.78 is 0. The average Bonchev–Trinajstić information content (AvgIpc) is 2.46. The lowest BCUT2D eigenvalue weighted by molar-refractivity contribution is -0.118. The van der Waals surface area contributed by atoms with Crippen molar-refractivity contribution in [3.8, 4) is 0 Å². The van der Waals surface area contributed by atoms with Crippen LogP contribution in [0, 0.1) is 0 Å². The van der Waals surface area contributed by atoms with Gasteiger partial charge in [0.25, 0.3) is 0 Å². The summed E-state index contributed by atoms with van der Waals surface area (Å²) in [6, 6.07) is 7.80. The van der Waals surface area contributed by atoms with E-state index in [0.29, 0.717) is 0 Å². The van der Waals surface area contributed by atoms with Gasteiger partial charge in [0.15, 0.2) is 5.78 Å². The van der Waals surface area contributed by atoms with Gasteiger partial charge in [0, 0.05) is 6.42 Å². The van der Waals surface area contributed by atoms with E-state index in [4.69, 9.17) is 0 Å². The standard InChI is InChI=1S/C10H10NO/c1-7(12)10-6-8-4-2-3-5-9(8)11-10/h2-5,10H,6H2,1H3. The van der Waals surface area contributed by atoms with E-state index >= 15 is 0 Å². The van der Waals surface area contributed by atoms with E-state index in [9.17, 15) is 4.79 Å². The Morgan fingerprint density at radius 3 is 2.92 bits per heavy atom. The number of carbonyl (C=O) groups is 1. The molecule has 2 rings (SSSR count). The number of ketones is 1. The molecule has 1 unspecified atom stereocenters. The molecule has 61 valence electrons. The summed E-state index contributed by atoms with van der Waals surface area (Å²) in [6.45, 7) is 1.60. The molecular weight excluding hydrogens is 150 g/mol. The van der Waals surface area contributed by atoms with Crippen molar-refractivity contribution in [3.05, 3.63) is 29.8 Å². The Kier molecular flexibility index (Phi) is 1.61. The van der Waals surface area contributed by atoms with Crippen LogP contribution in [0.5, 0.6) is 0 Å². The van der Waals surface area contributed by atoms with Crippen molar-refractivity contribution in [3.63, 3.8) is 0 Å². The summed E-state index contributed by atoms with van der Waals surface area (Å²) >= 11 is 0. The highest BCUT2D eigenvalue weighted by atomic mass is 16.1. The number of rotatable bonds is 1. The zero-order chi connectivity index (χ0) is 8.55. The molecule has 0 aliphatic carbocycles. The van der Waals surface area contributed by atoms with Gasteiger partial charge in [-0.05, 0) is 18.6 Å². The number of benzene rings is 1. The fraction of sp³-hybridized carbons (Fsp3) is 0.300. The number of fused-ring (bicyclic) bond motifs is 1. The lowest BCUT2D eigenvalue weighted by Gasteiger charge is -2.01. The van der Waals surface area contributed by atoms with Crippen LogP contribution in [0.25, 0.3) is 0 Å². The van der Waals surface area contributed by atoms with Crippen molar-refractivity contribution in [2.75, 3.05) is 0 Å². The van der Waals surface area contributed by atoms with E-state index in [1.165, 1.54) is 5.56 Å². The number of hydrogen-bond donors (Lipinski definition) is 0. The fourth-order valence-corrected chi connectivity index (χ4v) is 1.47. The topological polar surface area (TPSA) is 31.2 Å². The molecule has 1 aliphatic heterocycles. The van der Waals surface area contributed by atoms with Crippen molar-refractivity contribution >= 4 is 11.5 Å². The first-order valence-corrected chi connectivity index (χ1v) is 4.06. The number of carbonyl (C=O) groups excluding carboxylic acids is 1. The van der Waals surface area contributed by atoms with Crippen LogP contribution in [0.1, 0.15) is 12.5 Å². The van der Waals surface area contributed by atoms with Crippen LogP contribution in [0.2, 0.25) is 0 Å². The van der Waals surface area contributed by atoms with Gasteiger partial charge in [0.1, 0.15) is 6.04 Å². The highest BCUT2D eigenvalue weighted by molar-refractivity contribution is 5.84. The van der Waals surface area contributed by atoms with Gasteiger partial charge < -0.3 is 0 Å². The molecule has 0 N–H and O–H groups in total.